The number of aromatic nitrogens is 1. The van der Waals surface area contributed by atoms with Gasteiger partial charge in [0.1, 0.15) is 0 Å². The monoisotopic (exact) mass is 238 g/mol. The first-order valence-corrected chi connectivity index (χ1v) is 6.42. The smallest absolute Gasteiger partial charge is 0.0467 e. The molecule has 0 unspecified atom stereocenters. The number of rotatable bonds is 8. The average Bonchev–Trinajstić information content (AvgIpc) is 2.74. The van der Waals surface area contributed by atoms with Gasteiger partial charge >= 0.3 is 0 Å². The van der Waals surface area contributed by atoms with E-state index in [2.05, 4.69) is 49.1 Å². The molecule has 1 aromatic rings. The van der Waals surface area contributed by atoms with Crippen molar-refractivity contribution in [1.29, 1.82) is 0 Å². The van der Waals surface area contributed by atoms with Gasteiger partial charge in [0.25, 0.3) is 0 Å². The summed E-state index contributed by atoms with van der Waals surface area (Å²) in [4.78, 5) is 0. The molecule has 0 spiro atoms. The van der Waals surface area contributed by atoms with Crippen molar-refractivity contribution in [2.75, 3.05) is 20.3 Å². The Hall–Kier alpha value is -0.800. The number of nitrogens with zero attached hydrogens (tertiary/aromatic N) is 1. The second-order valence-electron chi connectivity index (χ2n) is 5.36. The average molecular weight is 238 g/mol. The Bertz CT molecular complexity index is 318. The molecule has 0 saturated heterocycles. The highest BCUT2D eigenvalue weighted by Gasteiger charge is 2.16. The molecule has 1 rings (SSSR count). The molecule has 0 aromatic carbocycles. The van der Waals surface area contributed by atoms with Crippen LogP contribution in [0.25, 0.3) is 0 Å². The molecule has 0 atom stereocenters. The molecule has 0 saturated carbocycles. The van der Waals surface area contributed by atoms with Crippen LogP contribution in [0.15, 0.2) is 18.5 Å². The van der Waals surface area contributed by atoms with E-state index in [9.17, 15) is 0 Å². The van der Waals surface area contributed by atoms with E-state index in [1.54, 1.807) is 7.11 Å². The zero-order chi connectivity index (χ0) is 12.7. The lowest BCUT2D eigenvalue weighted by atomic mass is 9.90. The van der Waals surface area contributed by atoms with Gasteiger partial charge in [-0.2, -0.15) is 0 Å². The van der Waals surface area contributed by atoms with Crippen LogP contribution in [0.4, 0.5) is 0 Å². The van der Waals surface area contributed by atoms with E-state index in [1.807, 2.05) is 0 Å². The second kappa shape index (κ2) is 6.82. The highest BCUT2D eigenvalue weighted by Crippen LogP contribution is 2.18. The minimum atomic E-state index is 0.295. The highest BCUT2D eigenvalue weighted by atomic mass is 16.5. The Morgan fingerprint density at radius 2 is 2.18 bits per heavy atom. The third-order valence-electron chi connectivity index (χ3n) is 3.09. The largest absolute Gasteiger partial charge is 0.385 e. The van der Waals surface area contributed by atoms with Crippen molar-refractivity contribution in [3.63, 3.8) is 0 Å². The number of hydrogen-bond donors (Lipinski definition) is 1. The SMILES string of the molecule is CCn1ccc(CNCC(C)(C)CCOC)c1. The molecule has 0 aliphatic rings. The van der Waals surface area contributed by atoms with Gasteiger partial charge in [0.2, 0.25) is 0 Å². The summed E-state index contributed by atoms with van der Waals surface area (Å²) in [6.45, 7) is 10.6. The van der Waals surface area contributed by atoms with Gasteiger partial charge in [-0.25, -0.2) is 0 Å². The molecule has 17 heavy (non-hydrogen) atoms. The van der Waals surface area contributed by atoms with E-state index in [-0.39, 0.29) is 0 Å². The molecular formula is C14H26N2O. The second-order valence-corrected chi connectivity index (χ2v) is 5.36. The van der Waals surface area contributed by atoms with Crippen LogP contribution >= 0.6 is 0 Å². The van der Waals surface area contributed by atoms with Gasteiger partial charge in [-0.15, -0.1) is 0 Å². The number of ether oxygens (including phenoxy) is 1. The lowest BCUT2D eigenvalue weighted by molar-refractivity contribution is 0.150. The standard InChI is InChI=1S/C14H26N2O/c1-5-16-8-6-13(11-16)10-15-12-14(2,3)7-9-17-4/h6,8,11,15H,5,7,9-10,12H2,1-4H3. The van der Waals surface area contributed by atoms with E-state index in [4.69, 9.17) is 4.74 Å². The highest BCUT2D eigenvalue weighted by molar-refractivity contribution is 5.09. The summed E-state index contributed by atoms with van der Waals surface area (Å²) in [6.07, 6.45) is 5.43. The summed E-state index contributed by atoms with van der Waals surface area (Å²) in [6, 6.07) is 2.18. The normalized spacial score (nSPS) is 12.0. The van der Waals surface area contributed by atoms with Crippen molar-refractivity contribution < 1.29 is 4.74 Å². The van der Waals surface area contributed by atoms with Crippen LogP contribution in [0.3, 0.4) is 0 Å². The van der Waals surface area contributed by atoms with Crippen LogP contribution in [-0.2, 0) is 17.8 Å². The molecule has 0 amide bonds. The Morgan fingerprint density at radius 3 is 2.76 bits per heavy atom. The molecule has 0 aliphatic heterocycles. The van der Waals surface area contributed by atoms with Gasteiger partial charge in [-0.1, -0.05) is 13.8 Å². The van der Waals surface area contributed by atoms with Gasteiger partial charge in [-0.05, 0) is 30.4 Å². The van der Waals surface area contributed by atoms with Crippen molar-refractivity contribution in [2.24, 2.45) is 5.41 Å². The van der Waals surface area contributed by atoms with Crippen molar-refractivity contribution in [1.82, 2.24) is 9.88 Å². The lowest BCUT2D eigenvalue weighted by Crippen LogP contribution is -2.30. The molecule has 3 nitrogen and oxygen atoms in total. The van der Waals surface area contributed by atoms with Crippen LogP contribution in [0.5, 0.6) is 0 Å². The van der Waals surface area contributed by atoms with E-state index in [0.29, 0.717) is 5.41 Å². The molecular weight excluding hydrogens is 212 g/mol. The zero-order valence-electron chi connectivity index (χ0n) is 11.6. The first kappa shape index (κ1) is 14.3. The van der Waals surface area contributed by atoms with Crippen LogP contribution in [-0.4, -0.2) is 24.8 Å². The molecule has 0 aliphatic carbocycles. The lowest BCUT2D eigenvalue weighted by Gasteiger charge is -2.24. The van der Waals surface area contributed by atoms with E-state index in [0.717, 1.165) is 32.7 Å². The minimum absolute atomic E-state index is 0.295. The van der Waals surface area contributed by atoms with Crippen LogP contribution in [0.1, 0.15) is 32.8 Å². The van der Waals surface area contributed by atoms with Gasteiger partial charge in [0.05, 0.1) is 0 Å². The van der Waals surface area contributed by atoms with Gasteiger partial charge in [0, 0.05) is 45.7 Å². The summed E-state index contributed by atoms with van der Waals surface area (Å²) in [5, 5.41) is 3.52. The zero-order valence-corrected chi connectivity index (χ0v) is 11.6. The fraction of sp³-hybridized carbons (Fsp3) is 0.714. The fourth-order valence-electron chi connectivity index (χ4n) is 1.80. The summed E-state index contributed by atoms with van der Waals surface area (Å²) in [7, 11) is 1.76. The maximum atomic E-state index is 5.13. The third kappa shape index (κ3) is 5.37. The van der Waals surface area contributed by atoms with Crippen molar-refractivity contribution in [3.8, 4) is 0 Å². The number of aryl methyl sites for hydroxylation is 1. The molecule has 1 heterocycles. The molecule has 0 fully saturated rings. The first-order chi connectivity index (χ1) is 8.07. The Labute approximate surface area is 105 Å². The number of nitrogens with one attached hydrogen (secondary N) is 1. The maximum Gasteiger partial charge on any atom is 0.0467 e. The van der Waals surface area contributed by atoms with E-state index < -0.39 is 0 Å². The van der Waals surface area contributed by atoms with Gasteiger partial charge < -0.3 is 14.6 Å². The van der Waals surface area contributed by atoms with Gasteiger partial charge in [0.15, 0.2) is 0 Å². The van der Waals surface area contributed by atoms with Gasteiger partial charge in [-0.3, -0.25) is 0 Å². The van der Waals surface area contributed by atoms with Crippen molar-refractivity contribution >= 4 is 0 Å². The summed E-state index contributed by atoms with van der Waals surface area (Å²) >= 11 is 0. The Balaban J connectivity index is 2.26. The van der Waals surface area contributed by atoms with E-state index >= 15 is 0 Å². The molecule has 0 bridgehead atoms. The van der Waals surface area contributed by atoms with E-state index in [1.165, 1.54) is 5.56 Å². The number of hydrogen-bond acceptors (Lipinski definition) is 2. The van der Waals surface area contributed by atoms with Crippen molar-refractivity contribution in [3.05, 3.63) is 24.0 Å². The molecule has 1 aromatic heterocycles. The maximum absolute atomic E-state index is 5.13. The minimum Gasteiger partial charge on any atom is -0.385 e. The molecule has 0 radical (unpaired) electrons. The summed E-state index contributed by atoms with van der Waals surface area (Å²) in [5.41, 5.74) is 1.65. The van der Waals surface area contributed by atoms with Crippen molar-refractivity contribution in [2.45, 2.75) is 40.3 Å². The Morgan fingerprint density at radius 1 is 1.41 bits per heavy atom. The summed E-state index contributed by atoms with van der Waals surface area (Å²) in [5.74, 6) is 0. The fourth-order valence-corrected chi connectivity index (χ4v) is 1.80. The molecule has 98 valence electrons. The first-order valence-electron chi connectivity index (χ1n) is 6.42. The van der Waals surface area contributed by atoms with Crippen LogP contribution < -0.4 is 5.32 Å². The summed E-state index contributed by atoms with van der Waals surface area (Å²) < 4.78 is 7.33. The van der Waals surface area contributed by atoms with Crippen LogP contribution in [0.2, 0.25) is 0 Å². The van der Waals surface area contributed by atoms with Crippen LogP contribution in [0, 0.1) is 5.41 Å². The number of methoxy groups -OCH3 is 1. The predicted octanol–water partition coefficient (Wildman–Crippen LogP) is 2.66. The third-order valence-corrected chi connectivity index (χ3v) is 3.09. The topological polar surface area (TPSA) is 26.2 Å². The quantitative estimate of drug-likeness (QED) is 0.753. The molecule has 3 heteroatoms. The molecule has 1 N–H and O–H groups in total. The predicted molar refractivity (Wildman–Crippen MR) is 72.1 cm³/mol. The Kier molecular flexibility index (Phi) is 5.72.